The van der Waals surface area contributed by atoms with Crippen molar-refractivity contribution < 1.29 is 14.0 Å². The van der Waals surface area contributed by atoms with Gasteiger partial charge in [0.05, 0.1) is 11.2 Å². The molecule has 1 aromatic rings. The monoisotopic (exact) mass is 317 g/mol. The zero-order valence-electron chi connectivity index (χ0n) is 15.0. The van der Waals surface area contributed by atoms with Crippen LogP contribution < -0.4 is 10.2 Å². The summed E-state index contributed by atoms with van der Waals surface area (Å²) >= 11 is 0. The molecule has 4 nitrogen and oxygen atoms in total. The number of nitrogens with zero attached hydrogens (tertiary/aromatic N) is 1. The Morgan fingerprint density at radius 1 is 1.17 bits per heavy atom. The predicted octanol–water partition coefficient (Wildman–Crippen LogP) is 2.46. The van der Waals surface area contributed by atoms with Gasteiger partial charge in [0.25, 0.3) is 0 Å². The second-order valence-electron chi connectivity index (χ2n) is 7.72. The number of hydrogen-bond acceptors (Lipinski definition) is 4. The summed E-state index contributed by atoms with van der Waals surface area (Å²) < 4.78 is 18.1. The lowest BCUT2D eigenvalue weighted by atomic mass is 9.79. The van der Waals surface area contributed by atoms with E-state index in [0.717, 1.165) is 23.8 Å². The molecule has 1 heterocycles. The van der Waals surface area contributed by atoms with Crippen molar-refractivity contribution in [1.82, 2.24) is 4.90 Å². The van der Waals surface area contributed by atoms with Crippen molar-refractivity contribution in [2.75, 3.05) is 20.2 Å². The molecule has 5 heteroatoms. The highest BCUT2D eigenvalue weighted by molar-refractivity contribution is 6.62. The second kappa shape index (κ2) is 6.12. The van der Waals surface area contributed by atoms with Gasteiger partial charge in [-0.05, 0) is 65.2 Å². The van der Waals surface area contributed by atoms with E-state index in [0.29, 0.717) is 6.61 Å². The highest BCUT2D eigenvalue weighted by Gasteiger charge is 2.51. The molecule has 0 bridgehead atoms. The van der Waals surface area contributed by atoms with Gasteiger partial charge in [0, 0.05) is 12.6 Å². The molecule has 126 valence electrons. The minimum absolute atomic E-state index is 0.318. The van der Waals surface area contributed by atoms with Gasteiger partial charge in [-0.25, -0.2) is 0 Å². The molecule has 1 saturated heterocycles. The molecule has 0 spiro atoms. The zero-order chi connectivity index (χ0) is 16.7. The van der Waals surface area contributed by atoms with Gasteiger partial charge in [-0.15, -0.1) is 0 Å². The summed E-state index contributed by atoms with van der Waals surface area (Å²) in [4.78, 5) is 2.37. The molecule has 1 aromatic carbocycles. The number of rotatable bonds is 6. The SMILES string of the molecule is CN(CCOc1cccc(B2OC(C)(C)C(C)(C)O2)c1)C1CC1. The van der Waals surface area contributed by atoms with Crippen LogP contribution in [0.4, 0.5) is 0 Å². The van der Waals surface area contributed by atoms with Crippen LogP contribution in [0.3, 0.4) is 0 Å². The maximum atomic E-state index is 6.10. The smallest absolute Gasteiger partial charge is 0.492 e. The number of hydrogen-bond donors (Lipinski definition) is 0. The fourth-order valence-electron chi connectivity index (χ4n) is 2.74. The van der Waals surface area contributed by atoms with Crippen LogP contribution in [0.15, 0.2) is 24.3 Å². The lowest BCUT2D eigenvalue weighted by Gasteiger charge is -2.32. The summed E-state index contributed by atoms with van der Waals surface area (Å²) in [6.07, 6.45) is 2.65. The van der Waals surface area contributed by atoms with Crippen LogP contribution in [0.1, 0.15) is 40.5 Å². The predicted molar refractivity (Wildman–Crippen MR) is 93.3 cm³/mol. The summed E-state index contributed by atoms with van der Waals surface area (Å²) in [6.45, 7) is 9.95. The topological polar surface area (TPSA) is 30.9 Å². The van der Waals surface area contributed by atoms with Gasteiger partial charge in [-0.1, -0.05) is 12.1 Å². The van der Waals surface area contributed by atoms with E-state index >= 15 is 0 Å². The summed E-state index contributed by atoms with van der Waals surface area (Å²) in [5.41, 5.74) is 0.375. The van der Waals surface area contributed by atoms with Gasteiger partial charge in [0.1, 0.15) is 12.4 Å². The highest BCUT2D eigenvalue weighted by atomic mass is 16.7. The van der Waals surface area contributed by atoms with Crippen LogP contribution in [0, 0.1) is 0 Å². The molecule has 0 N–H and O–H groups in total. The molecule has 3 rings (SSSR count). The Morgan fingerprint density at radius 3 is 2.43 bits per heavy atom. The fraction of sp³-hybridized carbons (Fsp3) is 0.667. The second-order valence-corrected chi connectivity index (χ2v) is 7.72. The van der Waals surface area contributed by atoms with Gasteiger partial charge >= 0.3 is 7.12 Å². The first-order valence-electron chi connectivity index (χ1n) is 8.57. The normalized spacial score (nSPS) is 22.6. The summed E-state index contributed by atoms with van der Waals surface area (Å²) in [7, 11) is 1.83. The Morgan fingerprint density at radius 2 is 1.83 bits per heavy atom. The van der Waals surface area contributed by atoms with E-state index in [1.54, 1.807) is 0 Å². The molecule has 0 atom stereocenters. The summed E-state index contributed by atoms with van der Waals surface area (Å²) in [5, 5.41) is 0. The standard InChI is InChI=1S/C18H28BNO3/c1-17(2)18(3,4)23-19(22-17)14-7-6-8-16(13-14)21-12-11-20(5)15-9-10-15/h6-8,13,15H,9-12H2,1-5H3. The van der Waals surface area contributed by atoms with Gasteiger partial charge in [-0.3, -0.25) is 0 Å². The average Bonchev–Trinajstić information content (AvgIpc) is 3.27. The van der Waals surface area contributed by atoms with Crippen LogP contribution in [0.5, 0.6) is 5.75 Å². The minimum Gasteiger partial charge on any atom is -0.492 e. The third-order valence-corrected chi connectivity index (χ3v) is 5.27. The van der Waals surface area contributed by atoms with E-state index in [1.165, 1.54) is 12.8 Å². The van der Waals surface area contributed by atoms with E-state index in [2.05, 4.69) is 39.6 Å². The number of ether oxygens (including phenoxy) is 1. The Bertz CT molecular complexity index is 541. The lowest BCUT2D eigenvalue weighted by Crippen LogP contribution is -2.41. The maximum absolute atomic E-state index is 6.10. The van der Waals surface area contributed by atoms with E-state index in [-0.39, 0.29) is 18.3 Å². The van der Waals surface area contributed by atoms with Crippen LogP contribution in [-0.4, -0.2) is 49.5 Å². The minimum atomic E-state index is -0.335. The summed E-state index contributed by atoms with van der Waals surface area (Å²) in [5.74, 6) is 0.876. The molecule has 0 radical (unpaired) electrons. The van der Waals surface area contributed by atoms with Crippen molar-refractivity contribution in [2.24, 2.45) is 0 Å². The molecule has 23 heavy (non-hydrogen) atoms. The van der Waals surface area contributed by atoms with E-state index in [1.807, 2.05) is 24.3 Å². The molecular formula is C18H28BNO3. The third-order valence-electron chi connectivity index (χ3n) is 5.27. The summed E-state index contributed by atoms with van der Waals surface area (Å²) in [6, 6.07) is 8.83. The molecule has 1 aliphatic heterocycles. The first-order valence-corrected chi connectivity index (χ1v) is 8.57. The molecule has 1 aliphatic carbocycles. The van der Waals surface area contributed by atoms with Crippen molar-refractivity contribution in [1.29, 1.82) is 0 Å². The first kappa shape index (κ1) is 16.8. The fourth-order valence-corrected chi connectivity index (χ4v) is 2.74. The van der Waals surface area contributed by atoms with Crippen molar-refractivity contribution in [3.63, 3.8) is 0 Å². The van der Waals surface area contributed by atoms with Gasteiger partial charge < -0.3 is 18.9 Å². The number of benzene rings is 1. The van der Waals surface area contributed by atoms with Crippen LogP contribution in [0.2, 0.25) is 0 Å². The average molecular weight is 317 g/mol. The lowest BCUT2D eigenvalue weighted by molar-refractivity contribution is 0.00578. The third kappa shape index (κ3) is 3.73. The van der Waals surface area contributed by atoms with Gasteiger partial charge in [0.2, 0.25) is 0 Å². The molecular weight excluding hydrogens is 289 g/mol. The first-order chi connectivity index (χ1) is 10.8. The van der Waals surface area contributed by atoms with Crippen LogP contribution in [-0.2, 0) is 9.31 Å². The Balaban J connectivity index is 1.59. The van der Waals surface area contributed by atoms with Crippen LogP contribution in [0.25, 0.3) is 0 Å². The van der Waals surface area contributed by atoms with Gasteiger partial charge in [0.15, 0.2) is 0 Å². The van der Waals surface area contributed by atoms with E-state index in [9.17, 15) is 0 Å². The van der Waals surface area contributed by atoms with Crippen molar-refractivity contribution in [2.45, 2.75) is 57.8 Å². The highest BCUT2D eigenvalue weighted by Crippen LogP contribution is 2.36. The Kier molecular flexibility index (Phi) is 4.47. The van der Waals surface area contributed by atoms with Crippen LogP contribution >= 0.6 is 0 Å². The largest absolute Gasteiger partial charge is 0.494 e. The zero-order valence-corrected chi connectivity index (χ0v) is 15.0. The molecule has 2 fully saturated rings. The molecule has 0 aromatic heterocycles. The molecule has 2 aliphatic rings. The maximum Gasteiger partial charge on any atom is 0.494 e. The van der Waals surface area contributed by atoms with Crippen molar-refractivity contribution >= 4 is 12.6 Å². The van der Waals surface area contributed by atoms with Crippen molar-refractivity contribution in [3.05, 3.63) is 24.3 Å². The van der Waals surface area contributed by atoms with E-state index < -0.39 is 0 Å². The van der Waals surface area contributed by atoms with Gasteiger partial charge in [-0.2, -0.15) is 0 Å². The van der Waals surface area contributed by atoms with E-state index in [4.69, 9.17) is 14.0 Å². The number of likely N-dealkylation sites (N-methyl/N-ethyl adjacent to an activating group) is 1. The Hall–Kier alpha value is -1.04. The van der Waals surface area contributed by atoms with Crippen molar-refractivity contribution in [3.8, 4) is 5.75 Å². The molecule has 0 amide bonds. The molecule has 1 saturated carbocycles. The molecule has 0 unspecified atom stereocenters. The quantitative estimate of drug-likeness (QED) is 0.754. The Labute approximate surface area is 140 Å².